The Hall–Kier alpha value is -1.11. The van der Waals surface area contributed by atoms with Gasteiger partial charge < -0.3 is 0 Å². The van der Waals surface area contributed by atoms with Crippen LogP contribution in [0.2, 0.25) is 0 Å². The van der Waals surface area contributed by atoms with Crippen molar-refractivity contribution in [3.05, 3.63) is 25.3 Å². The molecule has 0 amide bonds. The molecule has 0 radical (unpaired) electrons. The Morgan fingerprint density at radius 2 is 2.30 bits per heavy atom. The lowest BCUT2D eigenvalue weighted by atomic mass is 10.3. The fraction of sp³-hybridized carbons (Fsp3) is 0.286. The summed E-state index contributed by atoms with van der Waals surface area (Å²) in [7, 11) is 0. The highest BCUT2D eigenvalue weighted by molar-refractivity contribution is 5.01. The summed E-state index contributed by atoms with van der Waals surface area (Å²) in [5.41, 5.74) is 5.49. The molecule has 0 spiro atoms. The maximum absolute atomic E-state index is 8.38. The number of hydrogen-bond donors (Lipinski definition) is 2. The van der Waals surface area contributed by atoms with E-state index in [1.165, 1.54) is 6.08 Å². The van der Waals surface area contributed by atoms with Gasteiger partial charge in [-0.1, -0.05) is 12.2 Å². The Morgan fingerprint density at radius 1 is 1.60 bits per heavy atom. The van der Waals surface area contributed by atoms with E-state index in [9.17, 15) is 0 Å². The van der Waals surface area contributed by atoms with Crippen molar-refractivity contribution in [1.29, 1.82) is 5.26 Å². The molecule has 0 aliphatic rings. The second-order valence-electron chi connectivity index (χ2n) is 1.66. The van der Waals surface area contributed by atoms with E-state index in [1.54, 1.807) is 6.08 Å². The van der Waals surface area contributed by atoms with E-state index in [2.05, 4.69) is 24.0 Å². The van der Waals surface area contributed by atoms with Crippen LogP contribution in [0.1, 0.15) is 0 Å². The van der Waals surface area contributed by atoms with Gasteiger partial charge in [0, 0.05) is 6.54 Å². The molecule has 0 aromatic heterocycles. The number of hydrogen-bond acceptors (Lipinski definition) is 3. The van der Waals surface area contributed by atoms with Crippen molar-refractivity contribution < 1.29 is 0 Å². The topological polar surface area (TPSA) is 47.8 Å². The Bertz CT molecular complexity index is 145. The molecule has 0 fully saturated rings. The zero-order valence-electron chi connectivity index (χ0n) is 5.80. The monoisotopic (exact) mass is 137 g/mol. The molecule has 0 heterocycles. The second-order valence-corrected chi connectivity index (χ2v) is 1.66. The summed E-state index contributed by atoms with van der Waals surface area (Å²) in [5.74, 6) is 0. The molecule has 0 aliphatic heterocycles. The SMILES string of the molecule is C=CCNNC(C#N)C=C. The Labute approximate surface area is 61.0 Å². The lowest BCUT2D eigenvalue weighted by Gasteiger charge is -2.05. The predicted octanol–water partition coefficient (Wildman–Crippen LogP) is 0.345. The Kier molecular flexibility index (Phi) is 5.35. The van der Waals surface area contributed by atoms with Crippen molar-refractivity contribution in [3.63, 3.8) is 0 Å². The molecule has 0 saturated carbocycles. The Morgan fingerprint density at radius 3 is 2.70 bits per heavy atom. The number of nitrogens with zero attached hydrogens (tertiary/aromatic N) is 1. The minimum Gasteiger partial charge on any atom is -0.253 e. The highest BCUT2D eigenvalue weighted by Crippen LogP contribution is 1.76. The van der Waals surface area contributed by atoms with Gasteiger partial charge in [-0.2, -0.15) is 5.26 Å². The van der Waals surface area contributed by atoms with Crippen molar-refractivity contribution in [1.82, 2.24) is 10.9 Å². The molecule has 0 aromatic carbocycles. The first-order valence-electron chi connectivity index (χ1n) is 2.96. The number of nitriles is 1. The van der Waals surface area contributed by atoms with Gasteiger partial charge in [-0.25, -0.2) is 5.43 Å². The molecule has 0 bridgehead atoms. The largest absolute Gasteiger partial charge is 0.253 e. The van der Waals surface area contributed by atoms with E-state index in [1.807, 2.05) is 6.07 Å². The molecule has 1 atom stereocenters. The van der Waals surface area contributed by atoms with Gasteiger partial charge in [-0.05, 0) is 0 Å². The van der Waals surface area contributed by atoms with Crippen molar-refractivity contribution in [2.24, 2.45) is 0 Å². The second kappa shape index (κ2) is 6.02. The molecule has 3 nitrogen and oxygen atoms in total. The third-order valence-electron chi connectivity index (χ3n) is 0.879. The first-order valence-corrected chi connectivity index (χ1v) is 2.96. The van der Waals surface area contributed by atoms with Gasteiger partial charge >= 0.3 is 0 Å². The smallest absolute Gasteiger partial charge is 0.126 e. The van der Waals surface area contributed by atoms with Crippen molar-refractivity contribution in [2.75, 3.05) is 6.54 Å². The summed E-state index contributed by atoms with van der Waals surface area (Å²) in [6, 6.07) is 1.65. The van der Waals surface area contributed by atoms with E-state index in [-0.39, 0.29) is 6.04 Å². The van der Waals surface area contributed by atoms with E-state index in [0.717, 1.165) is 0 Å². The lowest BCUT2D eigenvalue weighted by Crippen LogP contribution is -2.38. The van der Waals surface area contributed by atoms with Gasteiger partial charge in [-0.15, -0.1) is 13.2 Å². The average molecular weight is 137 g/mol. The van der Waals surface area contributed by atoms with Crippen LogP contribution in [-0.4, -0.2) is 12.6 Å². The van der Waals surface area contributed by atoms with Gasteiger partial charge in [0.25, 0.3) is 0 Å². The highest BCUT2D eigenvalue weighted by Gasteiger charge is 1.95. The van der Waals surface area contributed by atoms with E-state index < -0.39 is 0 Å². The molecule has 0 rings (SSSR count). The summed E-state index contributed by atoms with van der Waals surface area (Å²) in [4.78, 5) is 0. The van der Waals surface area contributed by atoms with E-state index in [4.69, 9.17) is 5.26 Å². The normalized spacial score (nSPS) is 11.5. The summed E-state index contributed by atoms with van der Waals surface area (Å²) < 4.78 is 0. The van der Waals surface area contributed by atoms with Crippen LogP contribution in [0.5, 0.6) is 0 Å². The van der Waals surface area contributed by atoms with Crippen LogP contribution < -0.4 is 10.9 Å². The minimum absolute atomic E-state index is 0.333. The molecule has 0 aromatic rings. The van der Waals surface area contributed by atoms with E-state index >= 15 is 0 Å². The summed E-state index contributed by atoms with van der Waals surface area (Å²) >= 11 is 0. The summed E-state index contributed by atoms with van der Waals surface area (Å²) in [6.45, 7) is 7.59. The first-order chi connectivity index (χ1) is 4.85. The van der Waals surface area contributed by atoms with Gasteiger partial charge in [0.2, 0.25) is 0 Å². The van der Waals surface area contributed by atoms with Crippen LogP contribution in [0, 0.1) is 11.3 Å². The molecule has 2 N–H and O–H groups in total. The van der Waals surface area contributed by atoms with Crippen LogP contribution in [0.25, 0.3) is 0 Å². The van der Waals surface area contributed by atoms with Crippen LogP contribution >= 0.6 is 0 Å². The fourth-order valence-electron chi connectivity index (χ4n) is 0.385. The zero-order chi connectivity index (χ0) is 7.82. The Balaban J connectivity index is 3.37. The third-order valence-corrected chi connectivity index (χ3v) is 0.879. The van der Waals surface area contributed by atoms with Crippen molar-refractivity contribution in [3.8, 4) is 6.07 Å². The highest BCUT2D eigenvalue weighted by atomic mass is 15.4. The van der Waals surface area contributed by atoms with Crippen LogP contribution in [0.15, 0.2) is 25.3 Å². The molecule has 0 saturated heterocycles. The lowest BCUT2D eigenvalue weighted by molar-refractivity contribution is 0.562. The fourth-order valence-corrected chi connectivity index (χ4v) is 0.385. The van der Waals surface area contributed by atoms with E-state index in [0.29, 0.717) is 6.54 Å². The maximum Gasteiger partial charge on any atom is 0.126 e. The van der Waals surface area contributed by atoms with Gasteiger partial charge in [-0.3, -0.25) is 5.43 Å². The zero-order valence-corrected chi connectivity index (χ0v) is 5.80. The molecule has 1 unspecified atom stereocenters. The maximum atomic E-state index is 8.38. The minimum atomic E-state index is -0.333. The molecular weight excluding hydrogens is 126 g/mol. The van der Waals surface area contributed by atoms with Crippen molar-refractivity contribution in [2.45, 2.75) is 6.04 Å². The predicted molar refractivity (Wildman–Crippen MR) is 40.9 cm³/mol. The molecule has 3 heteroatoms. The summed E-state index contributed by atoms with van der Waals surface area (Å²) in [5, 5.41) is 8.38. The van der Waals surface area contributed by atoms with Gasteiger partial charge in [0.05, 0.1) is 6.07 Å². The molecule has 10 heavy (non-hydrogen) atoms. The van der Waals surface area contributed by atoms with Gasteiger partial charge in [0.15, 0.2) is 0 Å². The number of hydrazine groups is 1. The third kappa shape index (κ3) is 3.84. The van der Waals surface area contributed by atoms with Crippen LogP contribution in [0.4, 0.5) is 0 Å². The van der Waals surface area contributed by atoms with Gasteiger partial charge in [0.1, 0.15) is 6.04 Å². The van der Waals surface area contributed by atoms with Crippen LogP contribution in [-0.2, 0) is 0 Å². The molecular formula is C7H11N3. The van der Waals surface area contributed by atoms with Crippen LogP contribution in [0.3, 0.4) is 0 Å². The molecule has 0 aliphatic carbocycles. The number of nitrogens with one attached hydrogen (secondary N) is 2. The number of rotatable bonds is 5. The quantitative estimate of drug-likeness (QED) is 0.326. The standard InChI is InChI=1S/C7H11N3/c1-3-5-9-10-7(4-2)6-8/h3-4,7,9-10H,1-2,5H2. The first kappa shape index (κ1) is 8.89. The average Bonchev–Trinajstić information content (AvgIpc) is 1.99. The van der Waals surface area contributed by atoms with Crippen molar-refractivity contribution >= 4 is 0 Å². The summed E-state index contributed by atoms with van der Waals surface area (Å²) in [6.07, 6.45) is 3.22. The molecule has 54 valence electrons.